The minimum Gasteiger partial charge on any atom is -0.508 e. The average Bonchev–Trinajstić information content (AvgIpc) is 3.25. The minimum atomic E-state index is -1.49. The van der Waals surface area contributed by atoms with Gasteiger partial charge >= 0.3 is 6.09 Å². The highest BCUT2D eigenvalue weighted by Gasteiger charge is 2.65. The monoisotopic (exact) mass is 863 g/mol. The predicted molar refractivity (Wildman–Crippen MR) is 243 cm³/mol. The summed E-state index contributed by atoms with van der Waals surface area (Å²) in [5.41, 5.74) is 2.49. The molecule has 6 atom stereocenters. The van der Waals surface area contributed by atoms with Gasteiger partial charge in [-0.2, -0.15) is 0 Å². The van der Waals surface area contributed by atoms with Gasteiger partial charge in [-0.05, 0) is 106 Å². The largest absolute Gasteiger partial charge is 0.508 e. The number of aliphatic hydroxyl groups is 2. The van der Waals surface area contributed by atoms with E-state index in [-0.39, 0.29) is 68.7 Å². The van der Waals surface area contributed by atoms with Crippen molar-refractivity contribution in [3.63, 3.8) is 0 Å². The van der Waals surface area contributed by atoms with E-state index >= 15 is 0 Å². The molecule has 0 spiro atoms. The van der Waals surface area contributed by atoms with Crippen LogP contribution in [0, 0.1) is 23.6 Å². The lowest BCUT2D eigenvalue weighted by molar-refractivity contribution is -0.256. The third kappa shape index (κ3) is 13.1. The van der Waals surface area contributed by atoms with E-state index in [0.29, 0.717) is 29.9 Å². The number of carbonyl (C=O) groups excluding carboxylic acids is 1. The first-order valence-corrected chi connectivity index (χ1v) is 23.6. The van der Waals surface area contributed by atoms with Crippen molar-refractivity contribution in [1.29, 1.82) is 0 Å². The summed E-state index contributed by atoms with van der Waals surface area (Å²) in [5.74, 6) is -1.94. The number of oxime groups is 1. The summed E-state index contributed by atoms with van der Waals surface area (Å²) >= 11 is 0. The lowest BCUT2D eigenvalue weighted by Crippen LogP contribution is -2.70. The third-order valence-electron chi connectivity index (χ3n) is 12.7. The van der Waals surface area contributed by atoms with E-state index in [0.717, 1.165) is 56.1 Å². The van der Waals surface area contributed by atoms with Crippen LogP contribution in [0.15, 0.2) is 71.9 Å². The number of hydrogen-bond acceptors (Lipinski definition) is 9. The Bertz CT molecular complexity index is 1760. The first-order valence-electron chi connectivity index (χ1n) is 23.6. The van der Waals surface area contributed by atoms with E-state index in [1.165, 1.54) is 57.1 Å². The van der Waals surface area contributed by atoms with Gasteiger partial charge in [-0.3, -0.25) is 4.90 Å². The predicted octanol–water partition coefficient (Wildman–Crippen LogP) is 11.5. The van der Waals surface area contributed by atoms with Crippen molar-refractivity contribution < 1.29 is 43.6 Å². The summed E-state index contributed by atoms with van der Waals surface area (Å²) in [6, 6.07) is 10.5. The molecule has 2 aromatic rings. The number of allylic oxidation sites excluding steroid dienone is 1. The number of unbranched alkanes of at least 4 members (excludes halogenated alkanes) is 11. The molecule has 10 nitrogen and oxygen atoms in total. The number of aliphatic hydroxyl groups excluding tert-OH is 2. The van der Waals surface area contributed by atoms with Crippen LogP contribution in [0.25, 0.3) is 0 Å². The van der Waals surface area contributed by atoms with Gasteiger partial charge in [-0.1, -0.05) is 107 Å². The molecule has 344 valence electrons. The normalized spacial score (nSPS) is 23.5. The molecule has 2 aromatic carbocycles. The van der Waals surface area contributed by atoms with E-state index in [4.69, 9.17) is 24.2 Å². The van der Waals surface area contributed by atoms with Crippen molar-refractivity contribution in [2.45, 2.75) is 167 Å². The van der Waals surface area contributed by atoms with Crippen LogP contribution in [0.4, 0.5) is 9.18 Å². The van der Waals surface area contributed by atoms with E-state index in [9.17, 15) is 24.5 Å². The number of carbonyl (C=O) groups is 1. The highest BCUT2D eigenvalue weighted by molar-refractivity contribution is 6.03. The van der Waals surface area contributed by atoms with Crippen LogP contribution >= 0.6 is 0 Å². The Kier molecular flexibility index (Phi) is 19.2. The first-order chi connectivity index (χ1) is 30.0. The average molecular weight is 863 g/mol. The molecule has 0 bridgehead atoms. The summed E-state index contributed by atoms with van der Waals surface area (Å²) in [6.07, 6.45) is 19.7. The standard InChI is InChI=1S/C51H75FN2O8/c1-6-8-9-10-11-12-13-14-15-20-32-59-49(58)54(36-37-23-25-39(52)26-24-37)46-35-44(53-62-50(3,4)5)42-33-38(21-16-18-29-55)41(22-17-19-30-56)47-43-34-40(57)27-28-45(43)61-51(46,48(42)47)60-31-7-2/h7,23-28,33-34,38,41,46-48,55-57H,2,6,8-22,29-32,35-36H2,1,3-5H3. The second kappa shape index (κ2) is 24.2. The minimum absolute atomic E-state index is 0.0162. The number of halogens is 1. The Morgan fingerprint density at radius 3 is 2.24 bits per heavy atom. The maximum atomic E-state index is 14.8. The van der Waals surface area contributed by atoms with Crippen LogP contribution in [0.3, 0.4) is 0 Å². The molecule has 2 aliphatic carbocycles. The van der Waals surface area contributed by atoms with Gasteiger partial charge in [-0.15, -0.1) is 6.58 Å². The Morgan fingerprint density at radius 2 is 1.60 bits per heavy atom. The second-order valence-corrected chi connectivity index (χ2v) is 18.5. The quantitative estimate of drug-likeness (QED) is 0.0484. The van der Waals surface area contributed by atoms with Crippen LogP contribution in [-0.2, 0) is 20.9 Å². The second-order valence-electron chi connectivity index (χ2n) is 18.5. The summed E-state index contributed by atoms with van der Waals surface area (Å²) < 4.78 is 34.8. The Labute approximate surface area is 370 Å². The Hall–Kier alpha value is -3.93. The molecule has 5 rings (SSSR count). The summed E-state index contributed by atoms with van der Waals surface area (Å²) in [7, 11) is 0. The molecule has 3 aliphatic rings. The van der Waals surface area contributed by atoms with E-state index in [1.807, 2.05) is 20.8 Å². The zero-order chi connectivity index (χ0) is 44.5. The lowest BCUT2D eigenvalue weighted by Gasteiger charge is -2.60. The molecule has 1 fully saturated rings. The van der Waals surface area contributed by atoms with Crippen molar-refractivity contribution in [2.75, 3.05) is 26.4 Å². The van der Waals surface area contributed by atoms with E-state index in [2.05, 4.69) is 19.6 Å². The van der Waals surface area contributed by atoms with Gasteiger partial charge in [0.15, 0.2) is 0 Å². The van der Waals surface area contributed by atoms with Gasteiger partial charge in [-0.25, -0.2) is 9.18 Å². The zero-order valence-electron chi connectivity index (χ0n) is 38.0. The number of amides is 1. The molecule has 1 heterocycles. The highest BCUT2D eigenvalue weighted by atomic mass is 19.1. The number of hydrogen-bond donors (Lipinski definition) is 3. The molecule has 1 aliphatic heterocycles. The molecule has 1 amide bonds. The number of phenols is 1. The van der Waals surface area contributed by atoms with Gasteiger partial charge in [0.05, 0.1) is 24.8 Å². The van der Waals surface area contributed by atoms with E-state index < -0.39 is 29.4 Å². The molecular formula is C51H75FN2O8. The number of ether oxygens (including phenoxy) is 3. The van der Waals surface area contributed by atoms with Crippen LogP contribution in [0.2, 0.25) is 0 Å². The van der Waals surface area contributed by atoms with Gasteiger partial charge in [0, 0.05) is 37.7 Å². The SMILES string of the molecule is C=CCOC12Oc3ccc(O)cc3C3C(CCCCO)C(CCCCO)C=C(C(=NOC(C)(C)C)CC1N(Cc1ccc(F)cc1)C(=O)OCCCCCCCCCCCC)C32. The van der Waals surface area contributed by atoms with Crippen LogP contribution in [-0.4, -0.2) is 75.9 Å². The number of aromatic hydroxyl groups is 1. The number of fused-ring (bicyclic) bond motifs is 2. The molecule has 0 radical (unpaired) electrons. The van der Waals surface area contributed by atoms with Gasteiger partial charge < -0.3 is 34.4 Å². The van der Waals surface area contributed by atoms with Crippen molar-refractivity contribution >= 4 is 11.8 Å². The van der Waals surface area contributed by atoms with Gasteiger partial charge in [0.2, 0.25) is 5.79 Å². The van der Waals surface area contributed by atoms with Gasteiger partial charge in [0.1, 0.15) is 29.0 Å². The fraction of sp³-hybridized carbons (Fsp3) is 0.647. The maximum Gasteiger partial charge on any atom is 0.410 e. The fourth-order valence-corrected chi connectivity index (χ4v) is 9.77. The molecule has 3 N–H and O–H groups in total. The van der Waals surface area contributed by atoms with Crippen LogP contribution in [0.5, 0.6) is 11.5 Å². The Balaban J connectivity index is 1.61. The number of phenolic OH excluding ortho intramolecular Hbond substituents is 1. The van der Waals surface area contributed by atoms with Crippen LogP contribution < -0.4 is 4.74 Å². The molecular weight excluding hydrogens is 788 g/mol. The number of benzene rings is 2. The third-order valence-corrected chi connectivity index (χ3v) is 12.7. The van der Waals surface area contributed by atoms with Crippen molar-refractivity contribution in [3.8, 4) is 11.5 Å². The fourth-order valence-electron chi connectivity index (χ4n) is 9.77. The number of rotatable bonds is 26. The van der Waals surface area contributed by atoms with Crippen molar-refractivity contribution in [2.24, 2.45) is 22.9 Å². The molecule has 62 heavy (non-hydrogen) atoms. The number of nitrogens with zero attached hydrogens (tertiary/aromatic N) is 2. The maximum absolute atomic E-state index is 14.8. The first kappa shape index (κ1) is 49.1. The molecule has 0 saturated heterocycles. The highest BCUT2D eigenvalue weighted by Crippen LogP contribution is 2.62. The summed E-state index contributed by atoms with van der Waals surface area (Å²) in [6.45, 7) is 12.7. The topological polar surface area (TPSA) is 130 Å². The zero-order valence-corrected chi connectivity index (χ0v) is 38.0. The Morgan fingerprint density at radius 1 is 0.935 bits per heavy atom. The van der Waals surface area contributed by atoms with Crippen LogP contribution in [0.1, 0.15) is 154 Å². The summed E-state index contributed by atoms with van der Waals surface area (Å²) in [5, 5.41) is 35.6. The van der Waals surface area contributed by atoms with Crippen molar-refractivity contribution in [1.82, 2.24) is 4.90 Å². The van der Waals surface area contributed by atoms with Gasteiger partial charge in [0.25, 0.3) is 0 Å². The molecule has 6 unspecified atom stereocenters. The summed E-state index contributed by atoms with van der Waals surface area (Å²) in [4.78, 5) is 22.7. The molecule has 1 saturated carbocycles. The molecule has 11 heteroatoms. The van der Waals surface area contributed by atoms with Crippen molar-refractivity contribution in [3.05, 3.63) is 83.7 Å². The van der Waals surface area contributed by atoms with E-state index in [1.54, 1.807) is 41.3 Å². The smallest absolute Gasteiger partial charge is 0.410 e. The lowest BCUT2D eigenvalue weighted by atomic mass is 9.55. The molecule has 0 aromatic heterocycles.